The summed E-state index contributed by atoms with van der Waals surface area (Å²) < 4.78 is 0. The van der Waals surface area contributed by atoms with Crippen LogP contribution < -0.4 is 5.32 Å². The van der Waals surface area contributed by atoms with Crippen LogP contribution in [0, 0.1) is 18.8 Å². The molecule has 0 spiro atoms. The molecule has 1 heterocycles. The van der Waals surface area contributed by atoms with Gasteiger partial charge in [0.25, 0.3) is 0 Å². The fraction of sp³-hybridized carbons (Fsp3) is 0.733. The molecule has 0 amide bonds. The van der Waals surface area contributed by atoms with Crippen LogP contribution in [-0.2, 0) is 0 Å². The predicted octanol–water partition coefficient (Wildman–Crippen LogP) is 4.53. The van der Waals surface area contributed by atoms with Gasteiger partial charge in [-0.3, -0.25) is 0 Å². The van der Waals surface area contributed by atoms with Crippen molar-refractivity contribution >= 4 is 11.3 Å². The van der Waals surface area contributed by atoms with Gasteiger partial charge in [0.15, 0.2) is 0 Å². The maximum absolute atomic E-state index is 3.85. The van der Waals surface area contributed by atoms with E-state index in [-0.39, 0.29) is 0 Å². The van der Waals surface area contributed by atoms with E-state index in [0.29, 0.717) is 12.1 Å². The van der Waals surface area contributed by atoms with Gasteiger partial charge in [0.1, 0.15) is 0 Å². The van der Waals surface area contributed by atoms with Crippen molar-refractivity contribution in [2.45, 2.75) is 59.0 Å². The Morgan fingerprint density at radius 1 is 1.35 bits per heavy atom. The minimum Gasteiger partial charge on any atom is -0.306 e. The molecule has 0 radical (unpaired) electrons. The molecule has 1 aliphatic carbocycles. The third kappa shape index (κ3) is 2.92. The Bertz CT molecular complexity index is 358. The summed E-state index contributed by atoms with van der Waals surface area (Å²) in [4.78, 5) is 1.51. The Balaban J connectivity index is 1.98. The lowest BCUT2D eigenvalue weighted by atomic mass is 9.78. The van der Waals surface area contributed by atoms with Crippen molar-refractivity contribution in [2.24, 2.45) is 11.8 Å². The van der Waals surface area contributed by atoms with Crippen molar-refractivity contribution in [3.63, 3.8) is 0 Å². The smallest absolute Gasteiger partial charge is 0.0391 e. The normalized spacial score (nSPS) is 31.4. The van der Waals surface area contributed by atoms with Gasteiger partial charge < -0.3 is 5.32 Å². The van der Waals surface area contributed by atoms with E-state index in [4.69, 9.17) is 0 Å². The highest BCUT2D eigenvalue weighted by Gasteiger charge is 2.28. The monoisotopic (exact) mass is 251 g/mol. The number of aryl methyl sites for hydroxylation is 1. The van der Waals surface area contributed by atoms with Crippen LogP contribution in [0.3, 0.4) is 0 Å². The Morgan fingerprint density at radius 2 is 2.12 bits per heavy atom. The van der Waals surface area contributed by atoms with E-state index in [1.165, 1.54) is 29.7 Å². The summed E-state index contributed by atoms with van der Waals surface area (Å²) >= 11 is 1.89. The average Bonchev–Trinajstić information content (AvgIpc) is 2.71. The third-order valence-electron chi connectivity index (χ3n) is 4.47. The van der Waals surface area contributed by atoms with Gasteiger partial charge in [0.05, 0.1) is 0 Å². The molecule has 2 rings (SSSR count). The summed E-state index contributed by atoms with van der Waals surface area (Å²) in [5.74, 6) is 1.68. The Kier molecular flexibility index (Phi) is 4.26. The Hall–Kier alpha value is -0.340. The number of thiophene rings is 1. The van der Waals surface area contributed by atoms with E-state index in [1.54, 1.807) is 0 Å². The molecular weight excluding hydrogens is 226 g/mol. The first-order chi connectivity index (χ1) is 8.09. The molecule has 0 aliphatic heterocycles. The Labute approximate surface area is 110 Å². The van der Waals surface area contributed by atoms with Gasteiger partial charge in [0, 0.05) is 17.0 Å². The standard InChI is InChI=1S/C15H25NS/c1-10-6-5-7-14(12(10)3)16-13(4)15-11(2)8-9-17-15/h8-10,12-14,16H,5-7H2,1-4H3. The molecule has 0 aromatic carbocycles. The molecule has 1 aromatic rings. The molecule has 1 aliphatic rings. The topological polar surface area (TPSA) is 12.0 Å². The Morgan fingerprint density at radius 3 is 2.76 bits per heavy atom. The van der Waals surface area contributed by atoms with Crippen molar-refractivity contribution in [2.75, 3.05) is 0 Å². The highest BCUT2D eigenvalue weighted by Crippen LogP contribution is 2.32. The predicted molar refractivity (Wildman–Crippen MR) is 76.6 cm³/mol. The van der Waals surface area contributed by atoms with Crippen LogP contribution in [0.25, 0.3) is 0 Å². The van der Waals surface area contributed by atoms with E-state index in [1.807, 2.05) is 11.3 Å². The second kappa shape index (κ2) is 5.53. The summed E-state index contributed by atoms with van der Waals surface area (Å²) in [7, 11) is 0. The van der Waals surface area contributed by atoms with E-state index in [9.17, 15) is 0 Å². The summed E-state index contributed by atoms with van der Waals surface area (Å²) in [6, 6.07) is 3.44. The van der Waals surface area contributed by atoms with E-state index >= 15 is 0 Å². The second-order valence-corrected chi connectivity index (χ2v) is 6.68. The van der Waals surface area contributed by atoms with Gasteiger partial charge in [-0.2, -0.15) is 0 Å². The third-order valence-corrected chi connectivity index (χ3v) is 5.67. The van der Waals surface area contributed by atoms with Gasteiger partial charge in [0.2, 0.25) is 0 Å². The van der Waals surface area contributed by atoms with Crippen LogP contribution in [0.2, 0.25) is 0 Å². The molecule has 17 heavy (non-hydrogen) atoms. The molecule has 1 fully saturated rings. The highest BCUT2D eigenvalue weighted by molar-refractivity contribution is 7.10. The van der Waals surface area contributed by atoms with E-state index in [0.717, 1.165) is 11.8 Å². The van der Waals surface area contributed by atoms with Crippen LogP contribution in [0.4, 0.5) is 0 Å². The van der Waals surface area contributed by atoms with Crippen LogP contribution in [0.1, 0.15) is 56.5 Å². The second-order valence-electron chi connectivity index (χ2n) is 5.73. The SMILES string of the molecule is Cc1ccsc1C(C)NC1CCCC(C)C1C. The van der Waals surface area contributed by atoms with E-state index < -0.39 is 0 Å². The maximum atomic E-state index is 3.85. The van der Waals surface area contributed by atoms with Gasteiger partial charge in [-0.15, -0.1) is 11.3 Å². The zero-order chi connectivity index (χ0) is 12.4. The van der Waals surface area contributed by atoms with Crippen LogP contribution in [0.5, 0.6) is 0 Å². The molecule has 4 atom stereocenters. The molecule has 1 N–H and O–H groups in total. The van der Waals surface area contributed by atoms with Crippen molar-refractivity contribution < 1.29 is 0 Å². The van der Waals surface area contributed by atoms with E-state index in [2.05, 4.69) is 44.5 Å². The molecule has 0 bridgehead atoms. The number of hydrogen-bond donors (Lipinski definition) is 1. The molecule has 1 nitrogen and oxygen atoms in total. The first-order valence-electron chi connectivity index (χ1n) is 6.89. The van der Waals surface area contributed by atoms with Gasteiger partial charge in [-0.05, 0) is 49.1 Å². The highest BCUT2D eigenvalue weighted by atomic mass is 32.1. The summed E-state index contributed by atoms with van der Waals surface area (Å²) in [6.45, 7) is 9.34. The minimum absolute atomic E-state index is 0.507. The van der Waals surface area contributed by atoms with Gasteiger partial charge in [-0.25, -0.2) is 0 Å². The lowest BCUT2D eigenvalue weighted by Gasteiger charge is -2.36. The van der Waals surface area contributed by atoms with Gasteiger partial charge >= 0.3 is 0 Å². The molecule has 96 valence electrons. The summed E-state index contributed by atoms with van der Waals surface area (Å²) in [5, 5.41) is 6.06. The first kappa shape index (κ1) is 13.1. The van der Waals surface area contributed by atoms with Crippen LogP contribution in [-0.4, -0.2) is 6.04 Å². The largest absolute Gasteiger partial charge is 0.306 e. The lowest BCUT2D eigenvalue weighted by molar-refractivity contribution is 0.197. The lowest BCUT2D eigenvalue weighted by Crippen LogP contribution is -2.41. The van der Waals surface area contributed by atoms with Crippen molar-refractivity contribution in [1.29, 1.82) is 0 Å². The number of hydrogen-bond acceptors (Lipinski definition) is 2. The number of rotatable bonds is 3. The molecule has 0 saturated heterocycles. The quantitative estimate of drug-likeness (QED) is 0.832. The average molecular weight is 251 g/mol. The maximum Gasteiger partial charge on any atom is 0.0391 e. The zero-order valence-electron chi connectivity index (χ0n) is 11.5. The molecular formula is C15H25NS. The molecule has 1 aromatic heterocycles. The summed E-state index contributed by atoms with van der Waals surface area (Å²) in [5.41, 5.74) is 1.44. The van der Waals surface area contributed by atoms with Crippen molar-refractivity contribution in [1.82, 2.24) is 5.32 Å². The zero-order valence-corrected chi connectivity index (χ0v) is 12.3. The molecule has 4 unspecified atom stereocenters. The van der Waals surface area contributed by atoms with Crippen molar-refractivity contribution in [3.05, 3.63) is 21.9 Å². The molecule has 1 saturated carbocycles. The van der Waals surface area contributed by atoms with Gasteiger partial charge in [-0.1, -0.05) is 26.7 Å². The number of nitrogens with one attached hydrogen (secondary N) is 1. The molecule has 2 heteroatoms. The van der Waals surface area contributed by atoms with Crippen LogP contribution >= 0.6 is 11.3 Å². The summed E-state index contributed by atoms with van der Waals surface area (Å²) in [6.07, 6.45) is 4.14. The van der Waals surface area contributed by atoms with Crippen LogP contribution in [0.15, 0.2) is 11.4 Å². The first-order valence-corrected chi connectivity index (χ1v) is 7.77. The fourth-order valence-electron chi connectivity index (χ4n) is 3.04. The van der Waals surface area contributed by atoms with Crippen molar-refractivity contribution in [3.8, 4) is 0 Å². The fourth-order valence-corrected chi connectivity index (χ4v) is 3.99. The minimum atomic E-state index is 0.507.